The number of hydrogen-bond donors (Lipinski definition) is 1. The van der Waals surface area contributed by atoms with Crippen LogP contribution in [0.4, 0.5) is 0 Å². The molecule has 0 unspecified atom stereocenters. The van der Waals surface area contributed by atoms with Gasteiger partial charge >= 0.3 is 5.97 Å². The summed E-state index contributed by atoms with van der Waals surface area (Å²) in [5.41, 5.74) is 2.08. The molecular weight excluding hydrogens is 270 g/mol. The minimum atomic E-state index is -0.831. The van der Waals surface area contributed by atoms with Crippen molar-refractivity contribution in [3.8, 4) is 5.75 Å². The largest absolute Gasteiger partial charge is 0.482 e. The molecule has 5 heteroatoms. The van der Waals surface area contributed by atoms with Gasteiger partial charge in [0.25, 0.3) is 5.91 Å². The number of benzene rings is 1. The van der Waals surface area contributed by atoms with Crippen LogP contribution in [-0.4, -0.2) is 30.6 Å². The Labute approximate surface area is 125 Å². The van der Waals surface area contributed by atoms with E-state index in [-0.39, 0.29) is 18.6 Å². The van der Waals surface area contributed by atoms with E-state index in [1.165, 1.54) is 6.92 Å². The highest BCUT2D eigenvalue weighted by Gasteiger charge is 2.18. The van der Waals surface area contributed by atoms with Crippen LogP contribution in [0.15, 0.2) is 18.2 Å². The molecule has 1 atom stereocenters. The van der Waals surface area contributed by atoms with Crippen LogP contribution in [0.3, 0.4) is 0 Å². The van der Waals surface area contributed by atoms with Crippen LogP contribution in [0.2, 0.25) is 0 Å². The first kappa shape index (κ1) is 17.0. The minimum Gasteiger partial charge on any atom is -0.482 e. The van der Waals surface area contributed by atoms with Crippen molar-refractivity contribution in [3.05, 3.63) is 29.3 Å². The molecule has 0 aliphatic carbocycles. The summed E-state index contributed by atoms with van der Waals surface area (Å²) in [6.45, 7) is 8.90. The summed E-state index contributed by atoms with van der Waals surface area (Å²) in [7, 11) is 0. The molecular formula is C16H23NO4. The van der Waals surface area contributed by atoms with Crippen molar-refractivity contribution in [2.45, 2.75) is 46.8 Å². The third-order valence-corrected chi connectivity index (χ3v) is 2.78. The van der Waals surface area contributed by atoms with Crippen LogP contribution < -0.4 is 10.1 Å². The average molecular weight is 293 g/mol. The summed E-state index contributed by atoms with van der Waals surface area (Å²) in [6, 6.07) is 5.70. The van der Waals surface area contributed by atoms with Gasteiger partial charge in [-0.1, -0.05) is 17.7 Å². The first-order valence-electron chi connectivity index (χ1n) is 6.99. The van der Waals surface area contributed by atoms with Crippen LogP contribution in [0, 0.1) is 13.8 Å². The van der Waals surface area contributed by atoms with E-state index in [4.69, 9.17) is 9.47 Å². The van der Waals surface area contributed by atoms with Crippen molar-refractivity contribution < 1.29 is 19.1 Å². The second-order valence-corrected chi connectivity index (χ2v) is 5.35. The molecule has 5 nitrogen and oxygen atoms in total. The van der Waals surface area contributed by atoms with Crippen molar-refractivity contribution in [2.75, 3.05) is 6.61 Å². The summed E-state index contributed by atoms with van der Waals surface area (Å²) < 4.78 is 10.4. The molecule has 1 aromatic rings. The molecule has 21 heavy (non-hydrogen) atoms. The second-order valence-electron chi connectivity index (χ2n) is 5.35. The fourth-order valence-corrected chi connectivity index (χ4v) is 1.78. The summed E-state index contributed by atoms with van der Waals surface area (Å²) in [5.74, 6) is -0.247. The molecule has 116 valence electrons. The summed E-state index contributed by atoms with van der Waals surface area (Å²) in [5, 5.41) is 2.68. The molecule has 0 fully saturated rings. The Morgan fingerprint density at radius 1 is 1.19 bits per heavy atom. The Morgan fingerprint density at radius 2 is 1.86 bits per heavy atom. The fourth-order valence-electron chi connectivity index (χ4n) is 1.78. The molecule has 1 aromatic carbocycles. The second kappa shape index (κ2) is 7.67. The van der Waals surface area contributed by atoms with Crippen molar-refractivity contribution in [3.63, 3.8) is 0 Å². The van der Waals surface area contributed by atoms with E-state index in [1.54, 1.807) is 0 Å². The maximum Gasteiger partial charge on any atom is 0.344 e. The van der Waals surface area contributed by atoms with Crippen LogP contribution in [0.25, 0.3) is 0 Å². The average Bonchev–Trinajstić information content (AvgIpc) is 2.36. The number of ether oxygens (including phenoxy) is 2. The molecule has 0 spiro atoms. The number of rotatable bonds is 6. The number of amides is 1. The maximum atomic E-state index is 11.7. The van der Waals surface area contributed by atoms with E-state index in [0.29, 0.717) is 5.75 Å². The van der Waals surface area contributed by atoms with Crippen LogP contribution in [-0.2, 0) is 14.3 Å². The standard InChI is InChI=1S/C16H23NO4/c1-10(2)17-16(19)13(5)21-15(18)9-20-14-7-6-11(3)8-12(14)4/h6-8,10,13H,9H2,1-5H3,(H,17,19)/t13-/m0/s1. The first-order valence-corrected chi connectivity index (χ1v) is 6.99. The zero-order valence-electron chi connectivity index (χ0n) is 13.2. The van der Waals surface area contributed by atoms with Gasteiger partial charge in [-0.2, -0.15) is 0 Å². The van der Waals surface area contributed by atoms with Gasteiger partial charge in [-0.25, -0.2) is 4.79 Å². The molecule has 1 rings (SSSR count). The Morgan fingerprint density at radius 3 is 2.43 bits per heavy atom. The van der Waals surface area contributed by atoms with Gasteiger partial charge in [0.15, 0.2) is 12.7 Å². The monoisotopic (exact) mass is 293 g/mol. The van der Waals surface area contributed by atoms with Gasteiger partial charge < -0.3 is 14.8 Å². The van der Waals surface area contributed by atoms with E-state index in [0.717, 1.165) is 11.1 Å². The number of aryl methyl sites for hydroxylation is 2. The summed E-state index contributed by atoms with van der Waals surface area (Å²) in [4.78, 5) is 23.3. The molecule has 0 heterocycles. The Hall–Kier alpha value is -2.04. The van der Waals surface area contributed by atoms with Gasteiger partial charge in [-0.15, -0.1) is 0 Å². The SMILES string of the molecule is Cc1ccc(OCC(=O)O[C@@H](C)C(=O)NC(C)C)c(C)c1. The Kier molecular flexibility index (Phi) is 6.21. The smallest absolute Gasteiger partial charge is 0.344 e. The van der Waals surface area contributed by atoms with Gasteiger partial charge in [0.05, 0.1) is 0 Å². The van der Waals surface area contributed by atoms with E-state index in [1.807, 2.05) is 45.9 Å². The van der Waals surface area contributed by atoms with Crippen molar-refractivity contribution >= 4 is 11.9 Å². The molecule has 0 saturated heterocycles. The van der Waals surface area contributed by atoms with Gasteiger partial charge in [-0.05, 0) is 46.2 Å². The van der Waals surface area contributed by atoms with Gasteiger partial charge in [0.2, 0.25) is 0 Å². The highest BCUT2D eigenvalue weighted by molar-refractivity contribution is 5.83. The molecule has 0 aromatic heterocycles. The molecule has 0 bridgehead atoms. The molecule has 1 N–H and O–H groups in total. The van der Waals surface area contributed by atoms with E-state index >= 15 is 0 Å². The number of esters is 1. The van der Waals surface area contributed by atoms with Crippen molar-refractivity contribution in [1.29, 1.82) is 0 Å². The summed E-state index contributed by atoms with van der Waals surface area (Å²) in [6.07, 6.45) is -0.831. The lowest BCUT2D eigenvalue weighted by Gasteiger charge is -2.16. The third kappa shape index (κ3) is 5.85. The lowest BCUT2D eigenvalue weighted by molar-refractivity contribution is -0.156. The third-order valence-electron chi connectivity index (χ3n) is 2.78. The Balaban J connectivity index is 2.45. The van der Waals surface area contributed by atoms with Crippen LogP contribution >= 0.6 is 0 Å². The van der Waals surface area contributed by atoms with E-state index in [9.17, 15) is 9.59 Å². The number of carbonyl (C=O) groups is 2. The molecule has 0 aliphatic rings. The number of carbonyl (C=O) groups excluding carboxylic acids is 2. The fraction of sp³-hybridized carbons (Fsp3) is 0.500. The van der Waals surface area contributed by atoms with E-state index < -0.39 is 12.1 Å². The molecule has 0 aliphatic heterocycles. The highest BCUT2D eigenvalue weighted by atomic mass is 16.6. The molecule has 0 radical (unpaired) electrons. The summed E-state index contributed by atoms with van der Waals surface area (Å²) >= 11 is 0. The highest BCUT2D eigenvalue weighted by Crippen LogP contribution is 2.18. The lowest BCUT2D eigenvalue weighted by Crippen LogP contribution is -2.40. The molecule has 1 amide bonds. The van der Waals surface area contributed by atoms with Crippen molar-refractivity contribution in [2.24, 2.45) is 0 Å². The predicted octanol–water partition coefficient (Wildman–Crippen LogP) is 2.14. The van der Waals surface area contributed by atoms with Crippen molar-refractivity contribution in [1.82, 2.24) is 5.32 Å². The minimum absolute atomic E-state index is 0.00473. The zero-order valence-corrected chi connectivity index (χ0v) is 13.2. The number of hydrogen-bond acceptors (Lipinski definition) is 4. The normalized spacial score (nSPS) is 11.9. The van der Waals surface area contributed by atoms with Gasteiger partial charge in [-0.3, -0.25) is 4.79 Å². The zero-order chi connectivity index (χ0) is 16.0. The topological polar surface area (TPSA) is 64.6 Å². The number of nitrogens with one attached hydrogen (secondary N) is 1. The van der Waals surface area contributed by atoms with Gasteiger partial charge in [0, 0.05) is 6.04 Å². The first-order chi connectivity index (χ1) is 9.79. The van der Waals surface area contributed by atoms with Gasteiger partial charge in [0.1, 0.15) is 5.75 Å². The lowest BCUT2D eigenvalue weighted by atomic mass is 10.1. The maximum absolute atomic E-state index is 11.7. The Bertz CT molecular complexity index is 511. The quantitative estimate of drug-likeness (QED) is 0.816. The van der Waals surface area contributed by atoms with Crippen LogP contribution in [0.5, 0.6) is 5.75 Å². The van der Waals surface area contributed by atoms with Crippen LogP contribution in [0.1, 0.15) is 31.9 Å². The molecule has 0 saturated carbocycles. The predicted molar refractivity (Wildman–Crippen MR) is 80.2 cm³/mol. The van der Waals surface area contributed by atoms with E-state index in [2.05, 4.69) is 5.32 Å².